The molecular weight excluding hydrogens is 280 g/mol. The Morgan fingerprint density at radius 3 is 2.64 bits per heavy atom. The number of β-amino-alcohol motifs (C(OH)–C–C–N with tert-alkyl or cyclic N) is 1. The van der Waals surface area contributed by atoms with E-state index in [9.17, 15) is 9.90 Å². The van der Waals surface area contributed by atoms with Crippen molar-refractivity contribution in [3.63, 3.8) is 0 Å². The Labute approximate surface area is 132 Å². The zero-order valence-electron chi connectivity index (χ0n) is 13.6. The van der Waals surface area contributed by atoms with Gasteiger partial charge in [0.15, 0.2) is 0 Å². The van der Waals surface area contributed by atoms with Gasteiger partial charge in [0, 0.05) is 24.7 Å². The molecule has 2 N–H and O–H groups in total. The van der Waals surface area contributed by atoms with Gasteiger partial charge in [-0.3, -0.25) is 9.69 Å². The van der Waals surface area contributed by atoms with Gasteiger partial charge in [-0.25, -0.2) is 0 Å². The SMILES string of the molecule is CC(=O)Nc1ccc(OCC(O)CN2CCCC2(C)C)cc1. The van der Waals surface area contributed by atoms with Crippen LogP contribution in [0.25, 0.3) is 0 Å². The number of amides is 1. The van der Waals surface area contributed by atoms with Crippen molar-refractivity contribution in [1.29, 1.82) is 0 Å². The topological polar surface area (TPSA) is 61.8 Å². The largest absolute Gasteiger partial charge is 0.491 e. The molecule has 2 rings (SSSR count). The number of ether oxygens (including phenoxy) is 1. The van der Waals surface area contributed by atoms with Gasteiger partial charge in [0.2, 0.25) is 5.91 Å². The van der Waals surface area contributed by atoms with E-state index in [1.807, 2.05) is 0 Å². The van der Waals surface area contributed by atoms with Crippen LogP contribution in [0.4, 0.5) is 5.69 Å². The van der Waals surface area contributed by atoms with Gasteiger partial charge in [-0.1, -0.05) is 0 Å². The van der Waals surface area contributed by atoms with Crippen LogP contribution in [-0.2, 0) is 4.79 Å². The van der Waals surface area contributed by atoms with Crippen LogP contribution in [0.1, 0.15) is 33.6 Å². The normalized spacial score (nSPS) is 18.9. The molecule has 5 heteroatoms. The maximum atomic E-state index is 11.0. The van der Waals surface area contributed by atoms with Crippen molar-refractivity contribution in [3.8, 4) is 5.75 Å². The molecule has 0 aliphatic carbocycles. The molecule has 1 amide bonds. The summed E-state index contributed by atoms with van der Waals surface area (Å²) in [5, 5.41) is 12.9. The van der Waals surface area contributed by atoms with Gasteiger partial charge in [0.1, 0.15) is 18.5 Å². The first-order valence-corrected chi connectivity index (χ1v) is 7.80. The number of carbonyl (C=O) groups is 1. The summed E-state index contributed by atoms with van der Waals surface area (Å²) in [6.45, 7) is 7.85. The highest BCUT2D eigenvalue weighted by molar-refractivity contribution is 5.88. The second-order valence-electron chi connectivity index (χ2n) is 6.53. The van der Waals surface area contributed by atoms with Crippen LogP contribution in [0.3, 0.4) is 0 Å². The molecule has 5 nitrogen and oxygen atoms in total. The quantitative estimate of drug-likeness (QED) is 0.846. The smallest absolute Gasteiger partial charge is 0.221 e. The van der Waals surface area contributed by atoms with E-state index in [1.54, 1.807) is 24.3 Å². The molecule has 0 aromatic heterocycles. The predicted octanol–water partition coefficient (Wildman–Crippen LogP) is 2.26. The number of nitrogens with one attached hydrogen (secondary N) is 1. The summed E-state index contributed by atoms with van der Waals surface area (Å²) in [5.74, 6) is 0.589. The average molecular weight is 306 g/mol. The molecule has 22 heavy (non-hydrogen) atoms. The van der Waals surface area contributed by atoms with E-state index < -0.39 is 6.10 Å². The zero-order chi connectivity index (χ0) is 16.2. The maximum absolute atomic E-state index is 11.0. The molecule has 1 saturated heterocycles. The second-order valence-corrected chi connectivity index (χ2v) is 6.53. The zero-order valence-corrected chi connectivity index (χ0v) is 13.6. The molecular formula is C17H26N2O3. The van der Waals surface area contributed by atoms with Crippen LogP contribution in [0.15, 0.2) is 24.3 Å². The standard InChI is InChI=1S/C17H26N2O3/c1-13(20)18-14-5-7-16(8-6-14)22-12-15(21)11-19-10-4-9-17(19,2)3/h5-8,15,21H,4,9-12H2,1-3H3,(H,18,20). The Morgan fingerprint density at radius 2 is 2.09 bits per heavy atom. The van der Waals surface area contributed by atoms with E-state index in [2.05, 4.69) is 24.1 Å². The summed E-state index contributed by atoms with van der Waals surface area (Å²) >= 11 is 0. The fourth-order valence-electron chi connectivity index (χ4n) is 2.84. The summed E-state index contributed by atoms with van der Waals surface area (Å²) in [6.07, 6.45) is 1.85. The molecule has 1 heterocycles. The molecule has 1 aliphatic heterocycles. The monoisotopic (exact) mass is 306 g/mol. The van der Waals surface area contributed by atoms with Crippen LogP contribution in [0.5, 0.6) is 5.75 Å². The van der Waals surface area contributed by atoms with Crippen molar-refractivity contribution < 1.29 is 14.6 Å². The van der Waals surface area contributed by atoms with E-state index in [-0.39, 0.29) is 18.1 Å². The van der Waals surface area contributed by atoms with Gasteiger partial charge < -0.3 is 15.2 Å². The van der Waals surface area contributed by atoms with E-state index >= 15 is 0 Å². The van der Waals surface area contributed by atoms with Crippen molar-refractivity contribution >= 4 is 11.6 Å². The number of likely N-dealkylation sites (tertiary alicyclic amines) is 1. The summed E-state index contributed by atoms with van der Waals surface area (Å²) in [4.78, 5) is 13.3. The van der Waals surface area contributed by atoms with Crippen LogP contribution < -0.4 is 10.1 Å². The van der Waals surface area contributed by atoms with Gasteiger partial charge in [-0.15, -0.1) is 0 Å². The minimum atomic E-state index is -0.507. The number of aliphatic hydroxyl groups excluding tert-OH is 1. The molecule has 0 bridgehead atoms. The highest BCUT2D eigenvalue weighted by Gasteiger charge is 2.32. The lowest BCUT2D eigenvalue weighted by Crippen LogP contribution is -2.44. The molecule has 0 radical (unpaired) electrons. The van der Waals surface area contributed by atoms with E-state index in [0.717, 1.165) is 12.2 Å². The molecule has 1 aromatic rings. The van der Waals surface area contributed by atoms with Crippen LogP contribution in [-0.4, -0.2) is 47.3 Å². The van der Waals surface area contributed by atoms with Gasteiger partial charge in [0.05, 0.1) is 0 Å². The molecule has 1 aromatic carbocycles. The summed E-state index contributed by atoms with van der Waals surface area (Å²) < 4.78 is 5.62. The number of anilines is 1. The van der Waals surface area contributed by atoms with Crippen molar-refractivity contribution in [2.45, 2.75) is 45.3 Å². The maximum Gasteiger partial charge on any atom is 0.221 e. The summed E-state index contributed by atoms with van der Waals surface area (Å²) in [5.41, 5.74) is 0.903. The lowest BCUT2D eigenvalue weighted by Gasteiger charge is -2.33. The fraction of sp³-hybridized carbons (Fsp3) is 0.588. The fourth-order valence-corrected chi connectivity index (χ4v) is 2.84. The number of benzene rings is 1. The third-order valence-corrected chi connectivity index (χ3v) is 4.12. The number of nitrogens with zero attached hydrogens (tertiary/aromatic N) is 1. The lowest BCUT2D eigenvalue weighted by atomic mass is 10.0. The highest BCUT2D eigenvalue weighted by atomic mass is 16.5. The van der Waals surface area contributed by atoms with Gasteiger partial charge in [0.25, 0.3) is 0 Å². The van der Waals surface area contributed by atoms with E-state index in [4.69, 9.17) is 4.74 Å². The minimum absolute atomic E-state index is 0.0997. The Balaban J connectivity index is 1.78. The van der Waals surface area contributed by atoms with Gasteiger partial charge >= 0.3 is 0 Å². The first-order chi connectivity index (χ1) is 10.4. The van der Waals surface area contributed by atoms with Crippen molar-refractivity contribution in [1.82, 2.24) is 4.90 Å². The number of rotatable bonds is 6. The first kappa shape index (κ1) is 16.8. The molecule has 1 fully saturated rings. The third kappa shape index (κ3) is 4.71. The molecule has 1 aliphatic rings. The van der Waals surface area contributed by atoms with Crippen LogP contribution in [0.2, 0.25) is 0 Å². The highest BCUT2D eigenvalue weighted by Crippen LogP contribution is 2.28. The Bertz CT molecular complexity index is 499. The molecule has 1 atom stereocenters. The lowest BCUT2D eigenvalue weighted by molar-refractivity contribution is -0.114. The van der Waals surface area contributed by atoms with E-state index in [0.29, 0.717) is 12.3 Å². The van der Waals surface area contributed by atoms with Crippen molar-refractivity contribution in [2.24, 2.45) is 0 Å². The van der Waals surface area contributed by atoms with Gasteiger partial charge in [-0.05, 0) is 57.5 Å². The van der Waals surface area contributed by atoms with Crippen molar-refractivity contribution in [3.05, 3.63) is 24.3 Å². The molecule has 1 unspecified atom stereocenters. The molecule has 0 saturated carbocycles. The Morgan fingerprint density at radius 1 is 1.41 bits per heavy atom. The van der Waals surface area contributed by atoms with Crippen molar-refractivity contribution in [2.75, 3.05) is 25.0 Å². The first-order valence-electron chi connectivity index (χ1n) is 7.80. The Hall–Kier alpha value is -1.59. The second kappa shape index (κ2) is 7.11. The Kier molecular flexibility index (Phi) is 5.42. The number of hydrogen-bond donors (Lipinski definition) is 2. The molecule has 0 spiro atoms. The summed E-state index contributed by atoms with van der Waals surface area (Å²) in [6, 6.07) is 7.15. The molecule has 122 valence electrons. The van der Waals surface area contributed by atoms with Gasteiger partial charge in [-0.2, -0.15) is 0 Å². The number of carbonyl (C=O) groups excluding carboxylic acids is 1. The van der Waals surface area contributed by atoms with Crippen LogP contribution >= 0.6 is 0 Å². The number of hydrogen-bond acceptors (Lipinski definition) is 4. The summed E-state index contributed by atoms with van der Waals surface area (Å²) in [7, 11) is 0. The number of aliphatic hydroxyl groups is 1. The van der Waals surface area contributed by atoms with E-state index in [1.165, 1.54) is 19.8 Å². The minimum Gasteiger partial charge on any atom is -0.491 e. The third-order valence-electron chi connectivity index (χ3n) is 4.12. The van der Waals surface area contributed by atoms with Crippen LogP contribution in [0, 0.1) is 0 Å². The predicted molar refractivity (Wildman–Crippen MR) is 87.1 cm³/mol. The average Bonchev–Trinajstić information content (AvgIpc) is 2.76.